The molecule has 0 aromatic carbocycles. The highest BCUT2D eigenvalue weighted by Gasteiger charge is 2.32. The number of methoxy groups -OCH3 is 1. The van der Waals surface area contributed by atoms with Crippen molar-refractivity contribution in [3.63, 3.8) is 0 Å². The Labute approximate surface area is 130 Å². The van der Waals surface area contributed by atoms with E-state index in [9.17, 15) is 4.79 Å². The number of esters is 1. The number of hydrogen-bond donors (Lipinski definition) is 1. The summed E-state index contributed by atoms with van der Waals surface area (Å²) in [5.74, 6) is 1.52. The average molecular weight is 298 g/mol. The number of carbonyl (C=O) groups excluding carboxylic acids is 1. The molecule has 0 saturated carbocycles. The van der Waals surface area contributed by atoms with E-state index in [-0.39, 0.29) is 5.97 Å². The Balaban J connectivity index is 2.36. The zero-order valence-corrected chi connectivity index (χ0v) is 14.6. The fourth-order valence-electron chi connectivity index (χ4n) is 3.28. The molecule has 21 heavy (non-hydrogen) atoms. The summed E-state index contributed by atoms with van der Waals surface area (Å²) in [6.07, 6.45) is 5.84. The summed E-state index contributed by atoms with van der Waals surface area (Å²) in [4.78, 5) is 14.4. The molecule has 0 spiro atoms. The van der Waals surface area contributed by atoms with E-state index in [0.29, 0.717) is 0 Å². The van der Waals surface area contributed by atoms with Crippen LogP contribution in [0.3, 0.4) is 0 Å². The minimum absolute atomic E-state index is 0.166. The second-order valence-electron chi connectivity index (χ2n) is 6.95. The Morgan fingerprint density at radius 3 is 2.67 bits per heavy atom. The van der Waals surface area contributed by atoms with E-state index < -0.39 is 5.54 Å². The zero-order valence-electron chi connectivity index (χ0n) is 14.6. The standard InChI is InChI=1S/C17H34N2O2/c1-14(2)15-8-6-11-19(13-9-15)12-7-10-17(3,18-4)16(20)21-5/h14-15,18H,6-13H2,1-5H3. The van der Waals surface area contributed by atoms with Crippen molar-refractivity contribution >= 4 is 5.97 Å². The van der Waals surface area contributed by atoms with Gasteiger partial charge in [-0.15, -0.1) is 0 Å². The minimum atomic E-state index is -0.554. The van der Waals surface area contributed by atoms with Crippen molar-refractivity contribution < 1.29 is 9.53 Å². The van der Waals surface area contributed by atoms with Gasteiger partial charge in [-0.25, -0.2) is 0 Å². The summed E-state index contributed by atoms with van der Waals surface area (Å²) in [7, 11) is 3.29. The summed E-state index contributed by atoms with van der Waals surface area (Å²) >= 11 is 0. The van der Waals surface area contributed by atoms with Crippen LogP contribution in [0.15, 0.2) is 0 Å². The quantitative estimate of drug-likeness (QED) is 0.734. The van der Waals surface area contributed by atoms with Gasteiger partial charge in [0.05, 0.1) is 7.11 Å². The number of rotatable bonds is 7. The van der Waals surface area contributed by atoms with Crippen molar-refractivity contribution in [3.8, 4) is 0 Å². The van der Waals surface area contributed by atoms with E-state index in [1.54, 1.807) is 0 Å². The van der Waals surface area contributed by atoms with E-state index >= 15 is 0 Å². The van der Waals surface area contributed by atoms with Gasteiger partial charge in [-0.2, -0.15) is 0 Å². The number of nitrogens with one attached hydrogen (secondary N) is 1. The van der Waals surface area contributed by atoms with Gasteiger partial charge in [-0.3, -0.25) is 4.79 Å². The molecule has 1 N–H and O–H groups in total. The third kappa shape index (κ3) is 5.59. The van der Waals surface area contributed by atoms with Crippen LogP contribution in [0.4, 0.5) is 0 Å². The van der Waals surface area contributed by atoms with Crippen LogP contribution < -0.4 is 5.32 Å². The van der Waals surface area contributed by atoms with Crippen LogP contribution in [-0.2, 0) is 9.53 Å². The predicted octanol–water partition coefficient (Wildman–Crippen LogP) is 2.68. The number of hydrogen-bond acceptors (Lipinski definition) is 4. The molecule has 1 fully saturated rings. The topological polar surface area (TPSA) is 41.6 Å². The SMILES string of the molecule is CNC(C)(CCCN1CCCC(C(C)C)CC1)C(=O)OC. The Hall–Kier alpha value is -0.610. The Morgan fingerprint density at radius 2 is 2.10 bits per heavy atom. The zero-order chi connectivity index (χ0) is 15.9. The van der Waals surface area contributed by atoms with Crippen LogP contribution >= 0.6 is 0 Å². The Kier molecular flexibility index (Phi) is 7.67. The van der Waals surface area contributed by atoms with Crippen LogP contribution in [-0.4, -0.2) is 50.2 Å². The van der Waals surface area contributed by atoms with Gasteiger partial charge < -0.3 is 15.0 Å². The number of likely N-dealkylation sites (N-methyl/N-ethyl adjacent to an activating group) is 1. The normalized spacial score (nSPS) is 23.6. The average Bonchev–Trinajstić information content (AvgIpc) is 2.71. The summed E-state index contributed by atoms with van der Waals surface area (Å²) in [5.41, 5.74) is -0.554. The monoisotopic (exact) mass is 298 g/mol. The molecule has 4 nitrogen and oxygen atoms in total. The van der Waals surface area contributed by atoms with E-state index in [2.05, 4.69) is 24.1 Å². The summed E-state index contributed by atoms with van der Waals surface area (Å²) in [6.45, 7) is 10.1. The minimum Gasteiger partial charge on any atom is -0.468 e. The molecule has 1 aliphatic heterocycles. The van der Waals surface area contributed by atoms with Gasteiger partial charge in [-0.1, -0.05) is 13.8 Å². The van der Waals surface area contributed by atoms with E-state index in [0.717, 1.165) is 31.2 Å². The first-order valence-electron chi connectivity index (χ1n) is 8.42. The number of carbonyl (C=O) groups is 1. The number of ether oxygens (including phenoxy) is 1. The first-order chi connectivity index (χ1) is 9.92. The van der Waals surface area contributed by atoms with Crippen molar-refractivity contribution in [1.82, 2.24) is 10.2 Å². The van der Waals surface area contributed by atoms with Crippen LogP contribution in [0.2, 0.25) is 0 Å². The van der Waals surface area contributed by atoms with Crippen LogP contribution in [0.1, 0.15) is 52.9 Å². The van der Waals surface area contributed by atoms with Crippen LogP contribution in [0.25, 0.3) is 0 Å². The predicted molar refractivity (Wildman–Crippen MR) is 87.3 cm³/mol. The second-order valence-corrected chi connectivity index (χ2v) is 6.95. The first kappa shape index (κ1) is 18.4. The van der Waals surface area contributed by atoms with Gasteiger partial charge in [0.2, 0.25) is 0 Å². The lowest BCUT2D eigenvalue weighted by Crippen LogP contribution is -2.48. The first-order valence-corrected chi connectivity index (χ1v) is 8.42. The van der Waals surface area contributed by atoms with Crippen molar-refractivity contribution in [2.24, 2.45) is 11.8 Å². The highest BCUT2D eigenvalue weighted by Crippen LogP contribution is 2.25. The third-order valence-corrected chi connectivity index (χ3v) is 5.15. The molecule has 1 heterocycles. The maximum absolute atomic E-state index is 11.8. The highest BCUT2D eigenvalue weighted by atomic mass is 16.5. The number of nitrogens with zero attached hydrogens (tertiary/aromatic N) is 1. The molecule has 2 atom stereocenters. The molecule has 124 valence electrons. The molecule has 1 aliphatic rings. The molecule has 0 amide bonds. The van der Waals surface area contributed by atoms with Gasteiger partial charge in [-0.05, 0) is 77.5 Å². The molecular weight excluding hydrogens is 264 g/mol. The van der Waals surface area contributed by atoms with Crippen LogP contribution in [0.5, 0.6) is 0 Å². The lowest BCUT2D eigenvalue weighted by Gasteiger charge is -2.28. The lowest BCUT2D eigenvalue weighted by atomic mass is 9.89. The van der Waals surface area contributed by atoms with Gasteiger partial charge >= 0.3 is 5.97 Å². The summed E-state index contributed by atoms with van der Waals surface area (Å²) < 4.78 is 4.89. The van der Waals surface area contributed by atoms with E-state index in [1.165, 1.54) is 39.5 Å². The van der Waals surface area contributed by atoms with Gasteiger partial charge in [0.1, 0.15) is 5.54 Å². The van der Waals surface area contributed by atoms with Crippen LogP contribution in [0, 0.1) is 11.8 Å². The smallest absolute Gasteiger partial charge is 0.325 e. The van der Waals surface area contributed by atoms with Gasteiger partial charge in [0.15, 0.2) is 0 Å². The lowest BCUT2D eigenvalue weighted by molar-refractivity contribution is -0.148. The molecule has 0 radical (unpaired) electrons. The maximum Gasteiger partial charge on any atom is 0.325 e. The van der Waals surface area contributed by atoms with Crippen molar-refractivity contribution in [2.75, 3.05) is 33.8 Å². The molecular formula is C17H34N2O2. The largest absolute Gasteiger partial charge is 0.468 e. The molecule has 2 unspecified atom stereocenters. The molecule has 0 bridgehead atoms. The van der Waals surface area contributed by atoms with Crippen molar-refractivity contribution in [1.29, 1.82) is 0 Å². The maximum atomic E-state index is 11.8. The molecule has 0 aliphatic carbocycles. The number of likely N-dealkylation sites (tertiary alicyclic amines) is 1. The Bertz CT molecular complexity index is 320. The highest BCUT2D eigenvalue weighted by molar-refractivity contribution is 5.80. The molecule has 1 rings (SSSR count). The molecule has 4 heteroatoms. The van der Waals surface area contributed by atoms with Crippen molar-refractivity contribution in [2.45, 2.75) is 58.4 Å². The summed E-state index contributed by atoms with van der Waals surface area (Å²) in [5, 5.41) is 3.11. The molecule has 0 aromatic heterocycles. The molecule has 0 aromatic rings. The van der Waals surface area contributed by atoms with Gasteiger partial charge in [0, 0.05) is 0 Å². The summed E-state index contributed by atoms with van der Waals surface area (Å²) in [6, 6.07) is 0. The third-order valence-electron chi connectivity index (χ3n) is 5.15. The van der Waals surface area contributed by atoms with Gasteiger partial charge in [0.25, 0.3) is 0 Å². The van der Waals surface area contributed by atoms with E-state index in [1.807, 2.05) is 14.0 Å². The van der Waals surface area contributed by atoms with Crippen molar-refractivity contribution in [3.05, 3.63) is 0 Å². The Morgan fingerprint density at radius 1 is 1.38 bits per heavy atom. The molecule has 1 saturated heterocycles. The fraction of sp³-hybridized carbons (Fsp3) is 0.941. The fourth-order valence-corrected chi connectivity index (χ4v) is 3.28. The second kappa shape index (κ2) is 8.74. The van der Waals surface area contributed by atoms with E-state index in [4.69, 9.17) is 4.74 Å².